The Morgan fingerprint density at radius 1 is 1.40 bits per heavy atom. The van der Waals surface area contributed by atoms with E-state index >= 15 is 0 Å². The van der Waals surface area contributed by atoms with Gasteiger partial charge in [0.2, 0.25) is 5.91 Å². The van der Waals surface area contributed by atoms with Crippen LogP contribution in [0.5, 0.6) is 0 Å². The van der Waals surface area contributed by atoms with Crippen LogP contribution in [0.25, 0.3) is 10.6 Å². The van der Waals surface area contributed by atoms with Gasteiger partial charge < -0.3 is 11.1 Å². The van der Waals surface area contributed by atoms with E-state index in [1.54, 1.807) is 11.3 Å². The monoisotopic (exact) mass is 378 g/mol. The molecule has 5 nitrogen and oxygen atoms in total. The van der Waals surface area contributed by atoms with Crippen LogP contribution >= 0.6 is 22.7 Å². The van der Waals surface area contributed by atoms with Crippen molar-refractivity contribution in [2.45, 2.75) is 45.1 Å². The molecule has 1 fully saturated rings. The highest BCUT2D eigenvalue weighted by Gasteiger charge is 2.18. The highest BCUT2D eigenvalue weighted by atomic mass is 32.1. The molecule has 0 bridgehead atoms. The molecular weight excluding hydrogens is 352 g/mol. The van der Waals surface area contributed by atoms with Gasteiger partial charge in [-0.2, -0.15) is 0 Å². The number of piperidine rings is 1. The molecular formula is C18H26N4OS2. The largest absolute Gasteiger partial charge is 0.375 e. The zero-order valence-electron chi connectivity index (χ0n) is 14.7. The second-order valence-electron chi connectivity index (χ2n) is 6.55. The number of thiophene rings is 1. The Kier molecular flexibility index (Phi) is 6.45. The number of nitrogens with two attached hydrogens (primary N) is 1. The highest BCUT2D eigenvalue weighted by Crippen LogP contribution is 2.33. The molecule has 1 unspecified atom stereocenters. The van der Waals surface area contributed by atoms with Crippen LogP contribution in [0.1, 0.15) is 37.5 Å². The van der Waals surface area contributed by atoms with Crippen molar-refractivity contribution in [3.63, 3.8) is 0 Å². The number of nitrogen functional groups attached to an aromatic ring is 1. The quantitative estimate of drug-likeness (QED) is 0.775. The van der Waals surface area contributed by atoms with Gasteiger partial charge in [0.15, 0.2) is 5.13 Å². The van der Waals surface area contributed by atoms with Gasteiger partial charge in [0, 0.05) is 23.9 Å². The minimum absolute atomic E-state index is 0.105. The molecule has 25 heavy (non-hydrogen) atoms. The van der Waals surface area contributed by atoms with Crippen molar-refractivity contribution in [2.75, 3.05) is 25.4 Å². The molecule has 0 aliphatic carbocycles. The first-order valence-corrected chi connectivity index (χ1v) is 10.6. The number of nitrogens with one attached hydrogen (secondary N) is 1. The maximum Gasteiger partial charge on any atom is 0.220 e. The van der Waals surface area contributed by atoms with Gasteiger partial charge in [0.25, 0.3) is 0 Å². The number of rotatable bonds is 7. The summed E-state index contributed by atoms with van der Waals surface area (Å²) >= 11 is 3.14. The molecule has 1 aliphatic heterocycles. The number of carbonyl (C=O) groups excluding carboxylic acids is 1. The molecule has 3 N–H and O–H groups in total. The lowest BCUT2D eigenvalue weighted by atomic mass is 10.1. The van der Waals surface area contributed by atoms with Crippen molar-refractivity contribution in [3.8, 4) is 10.6 Å². The lowest BCUT2D eigenvalue weighted by Crippen LogP contribution is -2.44. The number of nitrogens with zero attached hydrogens (tertiary/aromatic N) is 2. The Bertz CT molecular complexity index is 677. The Morgan fingerprint density at radius 2 is 2.20 bits per heavy atom. The first kappa shape index (κ1) is 18.4. The average Bonchev–Trinajstić information content (AvgIpc) is 3.27. The molecule has 1 amide bonds. The Hall–Kier alpha value is -1.44. The van der Waals surface area contributed by atoms with Crippen LogP contribution in [0.4, 0.5) is 5.13 Å². The van der Waals surface area contributed by atoms with Gasteiger partial charge >= 0.3 is 0 Å². The number of carbonyl (C=O) groups is 1. The standard InChI is InChI=1S/C18H26N4OS2/c1-13(22-9-3-2-4-10-22)12-20-16(23)8-7-15-17(21-18(19)25-15)14-6-5-11-24-14/h5-6,11,13H,2-4,7-10,12H2,1H3,(H2,19,21)(H,20,23). The maximum atomic E-state index is 12.2. The van der Waals surface area contributed by atoms with Crippen molar-refractivity contribution in [1.82, 2.24) is 15.2 Å². The highest BCUT2D eigenvalue weighted by molar-refractivity contribution is 7.17. The van der Waals surface area contributed by atoms with E-state index in [0.717, 1.165) is 35.1 Å². The van der Waals surface area contributed by atoms with Gasteiger partial charge in [0.1, 0.15) is 0 Å². The smallest absolute Gasteiger partial charge is 0.220 e. The Morgan fingerprint density at radius 3 is 2.92 bits per heavy atom. The van der Waals surface area contributed by atoms with Crippen molar-refractivity contribution in [2.24, 2.45) is 0 Å². The van der Waals surface area contributed by atoms with Gasteiger partial charge in [-0.25, -0.2) is 4.98 Å². The minimum atomic E-state index is 0.105. The number of aryl methyl sites for hydroxylation is 1. The van der Waals surface area contributed by atoms with E-state index in [2.05, 4.69) is 22.1 Å². The Balaban J connectivity index is 1.48. The molecule has 1 saturated heterocycles. The number of likely N-dealkylation sites (tertiary alicyclic amines) is 1. The number of thiazole rings is 1. The topological polar surface area (TPSA) is 71.2 Å². The molecule has 0 saturated carbocycles. The minimum Gasteiger partial charge on any atom is -0.375 e. The molecule has 2 aromatic rings. The summed E-state index contributed by atoms with van der Waals surface area (Å²) in [5.74, 6) is 0.105. The summed E-state index contributed by atoms with van der Waals surface area (Å²) in [4.78, 5) is 21.4. The van der Waals surface area contributed by atoms with Crippen molar-refractivity contribution in [1.29, 1.82) is 0 Å². The summed E-state index contributed by atoms with van der Waals surface area (Å²) in [5, 5.41) is 5.68. The summed E-state index contributed by atoms with van der Waals surface area (Å²) < 4.78 is 0. The third-order valence-corrected chi connectivity index (χ3v) is 6.48. The summed E-state index contributed by atoms with van der Waals surface area (Å²) in [6, 6.07) is 4.46. The summed E-state index contributed by atoms with van der Waals surface area (Å²) in [5.41, 5.74) is 6.82. The fourth-order valence-corrected chi connectivity index (χ4v) is 4.86. The van der Waals surface area contributed by atoms with Crippen LogP contribution in [-0.2, 0) is 11.2 Å². The third-order valence-electron chi connectivity index (χ3n) is 4.66. The zero-order chi connectivity index (χ0) is 17.6. The normalized spacial score (nSPS) is 16.7. The molecule has 3 rings (SSSR count). The van der Waals surface area contributed by atoms with Gasteiger partial charge in [-0.3, -0.25) is 9.69 Å². The first-order chi connectivity index (χ1) is 12.1. The molecule has 0 spiro atoms. The molecule has 136 valence electrons. The van der Waals surface area contributed by atoms with Crippen LogP contribution in [0.15, 0.2) is 17.5 Å². The SMILES string of the molecule is CC(CNC(=O)CCc1sc(N)nc1-c1cccs1)N1CCCCC1. The van der Waals surface area contributed by atoms with E-state index in [1.165, 1.54) is 30.6 Å². The van der Waals surface area contributed by atoms with E-state index in [0.29, 0.717) is 24.0 Å². The van der Waals surface area contributed by atoms with E-state index in [4.69, 9.17) is 5.73 Å². The molecule has 7 heteroatoms. The lowest BCUT2D eigenvalue weighted by molar-refractivity contribution is -0.121. The predicted octanol–water partition coefficient (Wildman–Crippen LogP) is 3.38. The van der Waals surface area contributed by atoms with Crippen LogP contribution in [0, 0.1) is 0 Å². The first-order valence-electron chi connectivity index (χ1n) is 8.93. The molecule has 0 radical (unpaired) electrons. The van der Waals surface area contributed by atoms with Gasteiger partial charge in [-0.15, -0.1) is 22.7 Å². The molecule has 1 aliphatic rings. The molecule has 1 atom stereocenters. The van der Waals surface area contributed by atoms with Gasteiger partial charge in [0.05, 0.1) is 10.6 Å². The summed E-state index contributed by atoms with van der Waals surface area (Å²) in [7, 11) is 0. The summed E-state index contributed by atoms with van der Waals surface area (Å²) in [6.45, 7) is 5.23. The molecule has 0 aromatic carbocycles. The number of aromatic nitrogens is 1. The van der Waals surface area contributed by atoms with Gasteiger partial charge in [-0.1, -0.05) is 12.5 Å². The average molecular weight is 379 g/mol. The summed E-state index contributed by atoms with van der Waals surface area (Å²) in [6.07, 6.45) is 5.05. The number of hydrogen-bond donors (Lipinski definition) is 2. The van der Waals surface area contributed by atoms with Crippen LogP contribution in [0.2, 0.25) is 0 Å². The van der Waals surface area contributed by atoms with Crippen molar-refractivity contribution >= 4 is 33.7 Å². The lowest BCUT2D eigenvalue weighted by Gasteiger charge is -2.32. The molecule has 3 heterocycles. The van der Waals surface area contributed by atoms with Crippen molar-refractivity contribution < 1.29 is 4.79 Å². The maximum absolute atomic E-state index is 12.2. The predicted molar refractivity (Wildman–Crippen MR) is 106 cm³/mol. The number of hydrogen-bond acceptors (Lipinski definition) is 6. The van der Waals surface area contributed by atoms with Crippen LogP contribution < -0.4 is 11.1 Å². The van der Waals surface area contributed by atoms with E-state index < -0.39 is 0 Å². The van der Waals surface area contributed by atoms with E-state index in [-0.39, 0.29) is 5.91 Å². The second kappa shape index (κ2) is 8.78. The number of anilines is 1. The van der Waals surface area contributed by atoms with Crippen LogP contribution in [-0.4, -0.2) is 41.5 Å². The second-order valence-corrected chi connectivity index (χ2v) is 8.61. The third kappa shape index (κ3) is 5.03. The fourth-order valence-electron chi connectivity index (χ4n) is 3.21. The number of amides is 1. The van der Waals surface area contributed by atoms with Crippen LogP contribution in [0.3, 0.4) is 0 Å². The van der Waals surface area contributed by atoms with E-state index in [9.17, 15) is 4.79 Å². The molecule has 2 aromatic heterocycles. The fraction of sp³-hybridized carbons (Fsp3) is 0.556. The zero-order valence-corrected chi connectivity index (χ0v) is 16.3. The van der Waals surface area contributed by atoms with Crippen molar-refractivity contribution in [3.05, 3.63) is 22.4 Å². The Labute approximate surface area is 157 Å². The van der Waals surface area contributed by atoms with E-state index in [1.807, 2.05) is 17.5 Å². The van der Waals surface area contributed by atoms with Gasteiger partial charge in [-0.05, 0) is 50.7 Å².